The van der Waals surface area contributed by atoms with Crippen LogP contribution >= 0.6 is 24.0 Å². The van der Waals surface area contributed by atoms with E-state index in [1.54, 1.807) is 19.2 Å². The van der Waals surface area contributed by atoms with Gasteiger partial charge in [-0.15, -0.1) is 24.0 Å². The molecule has 0 unspecified atom stereocenters. The van der Waals surface area contributed by atoms with Gasteiger partial charge in [-0.2, -0.15) is 13.2 Å². The Morgan fingerprint density at radius 1 is 0.969 bits per heavy atom. The van der Waals surface area contributed by atoms with Crippen molar-refractivity contribution < 1.29 is 22.6 Å². The Morgan fingerprint density at radius 2 is 1.50 bits per heavy atom. The minimum Gasteiger partial charge on any atom is -0.484 e. The minimum atomic E-state index is -4.35. The van der Waals surface area contributed by atoms with E-state index in [1.165, 1.54) is 17.8 Å². The summed E-state index contributed by atoms with van der Waals surface area (Å²) in [6, 6.07) is 14.9. The van der Waals surface area contributed by atoms with Gasteiger partial charge in [0.05, 0.1) is 13.2 Å². The van der Waals surface area contributed by atoms with Crippen LogP contribution in [0.5, 0.6) is 5.75 Å². The molecule has 0 saturated carbocycles. The predicted molar refractivity (Wildman–Crippen MR) is 130 cm³/mol. The fraction of sp³-hybridized carbons (Fsp3) is 0.409. The van der Waals surface area contributed by atoms with Crippen LogP contribution in [0.4, 0.5) is 18.9 Å². The second kappa shape index (κ2) is 12.7. The maximum atomic E-state index is 12.2. The number of benzene rings is 2. The van der Waals surface area contributed by atoms with Crippen LogP contribution < -0.4 is 20.3 Å². The SMILES string of the molecule is CN=C(NCc1ccc(OCC(F)(F)F)cc1)NCc1ccc(N2CCOCC2)cc1.I. The average Bonchev–Trinajstić information content (AvgIpc) is 2.79. The number of guanidine groups is 1. The lowest BCUT2D eigenvalue weighted by molar-refractivity contribution is -0.153. The highest BCUT2D eigenvalue weighted by molar-refractivity contribution is 14.0. The van der Waals surface area contributed by atoms with E-state index in [1.807, 2.05) is 0 Å². The van der Waals surface area contributed by atoms with Crippen LogP contribution in [0, 0.1) is 0 Å². The maximum Gasteiger partial charge on any atom is 0.422 e. The monoisotopic (exact) mass is 564 g/mol. The number of anilines is 1. The van der Waals surface area contributed by atoms with Gasteiger partial charge in [0.25, 0.3) is 0 Å². The molecule has 0 amide bonds. The number of ether oxygens (including phenoxy) is 2. The topological polar surface area (TPSA) is 58.1 Å². The molecule has 0 spiro atoms. The van der Waals surface area contributed by atoms with Crippen LogP contribution in [0.3, 0.4) is 0 Å². The number of alkyl halides is 3. The first-order valence-electron chi connectivity index (χ1n) is 10.1. The summed E-state index contributed by atoms with van der Waals surface area (Å²) in [5.41, 5.74) is 3.22. The number of nitrogens with zero attached hydrogens (tertiary/aromatic N) is 2. The molecule has 1 aliphatic rings. The van der Waals surface area contributed by atoms with Gasteiger partial charge < -0.3 is 25.0 Å². The Hall–Kier alpha value is -2.21. The molecule has 0 bridgehead atoms. The van der Waals surface area contributed by atoms with E-state index < -0.39 is 12.8 Å². The highest BCUT2D eigenvalue weighted by atomic mass is 127. The molecule has 0 atom stereocenters. The zero-order chi connectivity index (χ0) is 22.1. The van der Waals surface area contributed by atoms with Gasteiger partial charge in [0.15, 0.2) is 12.6 Å². The fourth-order valence-electron chi connectivity index (χ4n) is 3.11. The molecule has 3 rings (SSSR count). The second-order valence-electron chi connectivity index (χ2n) is 7.09. The molecule has 2 aromatic rings. The van der Waals surface area contributed by atoms with E-state index in [0.717, 1.165) is 37.4 Å². The molecule has 176 valence electrons. The van der Waals surface area contributed by atoms with Gasteiger partial charge in [0, 0.05) is 38.9 Å². The molecule has 32 heavy (non-hydrogen) atoms. The van der Waals surface area contributed by atoms with E-state index >= 15 is 0 Å². The normalized spacial score (nSPS) is 14.5. The summed E-state index contributed by atoms with van der Waals surface area (Å²) < 4.78 is 46.7. The molecule has 0 aromatic heterocycles. The van der Waals surface area contributed by atoms with E-state index in [9.17, 15) is 13.2 Å². The number of hydrogen-bond donors (Lipinski definition) is 2. The van der Waals surface area contributed by atoms with Gasteiger partial charge in [0.2, 0.25) is 0 Å². The molecule has 2 aromatic carbocycles. The van der Waals surface area contributed by atoms with E-state index in [4.69, 9.17) is 9.47 Å². The lowest BCUT2D eigenvalue weighted by atomic mass is 10.2. The molecule has 1 saturated heterocycles. The Bertz CT molecular complexity index is 840. The van der Waals surface area contributed by atoms with Crippen molar-refractivity contribution >= 4 is 35.6 Å². The second-order valence-corrected chi connectivity index (χ2v) is 7.09. The lowest BCUT2D eigenvalue weighted by Crippen LogP contribution is -2.36. The summed E-state index contributed by atoms with van der Waals surface area (Å²) in [5, 5.41) is 6.45. The first-order chi connectivity index (χ1) is 14.9. The number of aliphatic imine (C=N–C) groups is 1. The standard InChI is InChI=1S/C22H27F3N4O2.HI/c1-26-21(28-15-18-4-8-20(9-5-18)31-16-22(23,24)25)27-14-17-2-6-19(7-3-17)29-10-12-30-13-11-29;/h2-9H,10-16H2,1H3,(H2,26,27,28);1H. The smallest absolute Gasteiger partial charge is 0.422 e. The first-order valence-corrected chi connectivity index (χ1v) is 10.1. The van der Waals surface area contributed by atoms with Crippen LogP contribution in [0.1, 0.15) is 11.1 Å². The van der Waals surface area contributed by atoms with Crippen molar-refractivity contribution in [1.29, 1.82) is 0 Å². The third-order valence-electron chi connectivity index (χ3n) is 4.78. The van der Waals surface area contributed by atoms with Crippen LogP contribution in [-0.4, -0.2) is 52.1 Å². The zero-order valence-corrected chi connectivity index (χ0v) is 20.2. The van der Waals surface area contributed by atoms with Gasteiger partial charge in [0.1, 0.15) is 5.75 Å². The average molecular weight is 564 g/mol. The van der Waals surface area contributed by atoms with Gasteiger partial charge in [-0.25, -0.2) is 0 Å². The van der Waals surface area contributed by atoms with Gasteiger partial charge in [-0.05, 0) is 35.4 Å². The number of halogens is 4. The van der Waals surface area contributed by atoms with Crippen molar-refractivity contribution in [2.75, 3.05) is 44.9 Å². The summed E-state index contributed by atoms with van der Waals surface area (Å²) in [7, 11) is 1.69. The van der Waals surface area contributed by atoms with Crippen molar-refractivity contribution in [2.45, 2.75) is 19.3 Å². The van der Waals surface area contributed by atoms with Crippen molar-refractivity contribution in [1.82, 2.24) is 10.6 Å². The number of morpholine rings is 1. The number of hydrogen-bond acceptors (Lipinski definition) is 4. The largest absolute Gasteiger partial charge is 0.484 e. The summed E-state index contributed by atoms with van der Waals surface area (Å²) in [5.74, 6) is 0.818. The molecule has 0 aliphatic carbocycles. The third-order valence-corrected chi connectivity index (χ3v) is 4.78. The lowest BCUT2D eigenvalue weighted by Gasteiger charge is -2.28. The summed E-state index contributed by atoms with van der Waals surface area (Å²) in [6.45, 7) is 3.13. The van der Waals surface area contributed by atoms with Crippen molar-refractivity contribution in [3.05, 3.63) is 59.7 Å². The Kier molecular flexibility index (Phi) is 10.4. The molecule has 1 heterocycles. The quantitative estimate of drug-likeness (QED) is 0.303. The molecule has 1 fully saturated rings. The van der Waals surface area contributed by atoms with Crippen molar-refractivity contribution in [2.24, 2.45) is 4.99 Å². The fourth-order valence-corrected chi connectivity index (χ4v) is 3.11. The molecule has 0 radical (unpaired) electrons. The van der Waals surface area contributed by atoms with Gasteiger partial charge in [-0.1, -0.05) is 24.3 Å². The number of rotatable bonds is 7. The van der Waals surface area contributed by atoms with Crippen molar-refractivity contribution in [3.63, 3.8) is 0 Å². The third kappa shape index (κ3) is 8.73. The molecule has 1 aliphatic heterocycles. The molecular weight excluding hydrogens is 536 g/mol. The summed E-state index contributed by atoms with van der Waals surface area (Å²) >= 11 is 0. The van der Waals surface area contributed by atoms with E-state index in [0.29, 0.717) is 19.0 Å². The Balaban J connectivity index is 0.00000363. The Labute approximate surface area is 203 Å². The van der Waals surface area contributed by atoms with Crippen LogP contribution in [0.25, 0.3) is 0 Å². The van der Waals surface area contributed by atoms with E-state index in [2.05, 4.69) is 44.8 Å². The summed E-state index contributed by atoms with van der Waals surface area (Å²) in [4.78, 5) is 6.51. The molecule has 6 nitrogen and oxygen atoms in total. The zero-order valence-electron chi connectivity index (χ0n) is 17.8. The van der Waals surface area contributed by atoms with E-state index in [-0.39, 0.29) is 29.7 Å². The first kappa shape index (κ1) is 26.0. The predicted octanol–water partition coefficient (Wildman–Crippen LogP) is 3.95. The molecule has 2 N–H and O–H groups in total. The van der Waals surface area contributed by atoms with Gasteiger partial charge in [-0.3, -0.25) is 4.99 Å². The van der Waals surface area contributed by atoms with Crippen LogP contribution in [0.2, 0.25) is 0 Å². The van der Waals surface area contributed by atoms with Crippen LogP contribution in [0.15, 0.2) is 53.5 Å². The molecule has 10 heteroatoms. The minimum absolute atomic E-state index is 0. The Morgan fingerprint density at radius 3 is 2.00 bits per heavy atom. The highest BCUT2D eigenvalue weighted by Gasteiger charge is 2.28. The maximum absolute atomic E-state index is 12.2. The number of nitrogens with one attached hydrogen (secondary N) is 2. The van der Waals surface area contributed by atoms with Crippen molar-refractivity contribution in [3.8, 4) is 5.75 Å². The molecular formula is C22H28F3IN4O2. The van der Waals surface area contributed by atoms with Gasteiger partial charge >= 0.3 is 6.18 Å². The summed E-state index contributed by atoms with van der Waals surface area (Å²) in [6.07, 6.45) is -4.35. The highest BCUT2D eigenvalue weighted by Crippen LogP contribution is 2.19. The van der Waals surface area contributed by atoms with Crippen LogP contribution in [-0.2, 0) is 17.8 Å².